The lowest BCUT2D eigenvalue weighted by Gasteiger charge is -2.34. The summed E-state index contributed by atoms with van der Waals surface area (Å²) < 4.78 is 8.79. The van der Waals surface area contributed by atoms with E-state index in [9.17, 15) is 0 Å². The lowest BCUT2D eigenvalue weighted by atomic mass is 9.97. The van der Waals surface area contributed by atoms with Crippen molar-refractivity contribution in [2.75, 3.05) is 9.80 Å². The van der Waals surface area contributed by atoms with Gasteiger partial charge >= 0.3 is 0 Å². The first-order valence-corrected chi connectivity index (χ1v) is 21.5. The first-order chi connectivity index (χ1) is 28.7. The summed E-state index contributed by atoms with van der Waals surface area (Å²) >= 11 is 5.27. The predicted molar refractivity (Wildman–Crippen MR) is 243 cm³/mol. The monoisotopic (exact) mass is 798 g/mol. The third-order valence-corrected chi connectivity index (χ3v) is 13.9. The molecule has 2 aliphatic heterocycles. The maximum atomic E-state index is 6.46. The van der Waals surface area contributed by atoms with Gasteiger partial charge in [0.15, 0.2) is 11.5 Å². The van der Waals surface area contributed by atoms with Crippen LogP contribution >= 0.6 is 34.4 Å². The molecule has 0 atom stereocenters. The molecule has 5 nitrogen and oxygen atoms in total. The Labute approximate surface area is 347 Å². The number of ether oxygens (including phenoxy) is 1. The lowest BCUT2D eigenvalue weighted by Crippen LogP contribution is -2.16. The van der Waals surface area contributed by atoms with E-state index in [1.807, 2.05) is 36.0 Å². The van der Waals surface area contributed by atoms with Crippen molar-refractivity contribution in [2.24, 2.45) is 0 Å². The van der Waals surface area contributed by atoms with Gasteiger partial charge in [0.25, 0.3) is 0 Å². The summed E-state index contributed by atoms with van der Waals surface area (Å²) in [5.41, 5.74) is 12.6. The highest BCUT2D eigenvalue weighted by atomic mass is 32.2. The van der Waals surface area contributed by atoms with Crippen LogP contribution in [-0.2, 0) is 0 Å². The van der Waals surface area contributed by atoms with Gasteiger partial charge in [0.05, 0.1) is 43.2 Å². The molecule has 58 heavy (non-hydrogen) atoms. The molecule has 0 spiro atoms. The van der Waals surface area contributed by atoms with Gasteiger partial charge in [0.2, 0.25) is 0 Å². The van der Waals surface area contributed by atoms with Crippen LogP contribution in [-0.4, -0.2) is 9.97 Å². The van der Waals surface area contributed by atoms with Gasteiger partial charge in [-0.3, -0.25) is 0 Å². The van der Waals surface area contributed by atoms with E-state index < -0.39 is 0 Å². The van der Waals surface area contributed by atoms with Crippen LogP contribution in [0, 0.1) is 0 Å². The minimum Gasteiger partial charge on any atom is -0.453 e. The average molecular weight is 799 g/mol. The number of nitrogens with zero attached hydrogens (tertiary/aromatic N) is 4. The second-order valence-electron chi connectivity index (χ2n) is 14.3. The highest BCUT2D eigenvalue weighted by Gasteiger charge is 2.28. The van der Waals surface area contributed by atoms with Crippen LogP contribution in [0.5, 0.6) is 11.5 Å². The second kappa shape index (κ2) is 13.5. The first-order valence-electron chi connectivity index (χ1n) is 19.0. The maximum absolute atomic E-state index is 6.46. The van der Waals surface area contributed by atoms with Crippen LogP contribution in [0.3, 0.4) is 0 Å². The minimum absolute atomic E-state index is 0.813. The van der Waals surface area contributed by atoms with Crippen molar-refractivity contribution in [3.8, 4) is 43.8 Å². The van der Waals surface area contributed by atoms with E-state index in [0.29, 0.717) is 0 Å². The minimum atomic E-state index is 0.813. The fraction of sp³-hybridized carbons (Fsp3) is 0. The van der Waals surface area contributed by atoms with E-state index in [-0.39, 0.29) is 0 Å². The molecule has 10 aromatic rings. The summed E-state index contributed by atoms with van der Waals surface area (Å²) in [5.74, 6) is 1.63. The van der Waals surface area contributed by atoms with Crippen LogP contribution in [0.4, 0.5) is 34.1 Å². The Balaban J connectivity index is 1.13. The number of rotatable bonds is 5. The summed E-state index contributed by atoms with van der Waals surface area (Å²) in [7, 11) is 0. The molecule has 0 aliphatic carbocycles. The van der Waals surface area contributed by atoms with Crippen molar-refractivity contribution in [3.05, 3.63) is 182 Å². The van der Waals surface area contributed by atoms with Gasteiger partial charge in [0, 0.05) is 32.3 Å². The zero-order valence-corrected chi connectivity index (χ0v) is 33.2. The third kappa shape index (κ3) is 5.60. The quantitative estimate of drug-likeness (QED) is 0.173. The molecule has 2 aliphatic rings. The van der Waals surface area contributed by atoms with Crippen LogP contribution in [0.1, 0.15) is 0 Å². The normalized spacial score (nSPS) is 12.8. The Morgan fingerprint density at radius 1 is 0.379 bits per heavy atom. The molecule has 0 saturated carbocycles. The SMILES string of the molecule is c1ccc2c(c1)Oc1ccccc1N2c1cc(-c2cc(-c3nc4ccccc4s3)cc(N3c4ccccc4Sc4ccccc43)c2)cc(-c2nc3ccccc3s2)c1. The van der Waals surface area contributed by atoms with Crippen molar-refractivity contribution in [3.63, 3.8) is 0 Å². The van der Waals surface area contributed by atoms with Gasteiger partial charge in [-0.2, -0.15) is 0 Å². The van der Waals surface area contributed by atoms with Crippen LogP contribution in [0.15, 0.2) is 192 Å². The molecular weight excluding hydrogens is 769 g/mol. The molecular formula is C50H30N4OS3. The largest absolute Gasteiger partial charge is 0.453 e. The zero-order valence-electron chi connectivity index (χ0n) is 30.7. The van der Waals surface area contributed by atoms with E-state index in [1.165, 1.54) is 14.5 Å². The first kappa shape index (κ1) is 33.4. The third-order valence-electron chi connectivity index (χ3n) is 10.6. The summed E-state index contributed by atoms with van der Waals surface area (Å²) in [4.78, 5) is 17.5. The lowest BCUT2D eigenvalue weighted by molar-refractivity contribution is 0.477. The molecule has 0 unspecified atom stereocenters. The van der Waals surface area contributed by atoms with Crippen LogP contribution in [0.25, 0.3) is 52.7 Å². The van der Waals surface area contributed by atoms with Crippen molar-refractivity contribution in [1.29, 1.82) is 0 Å². The molecule has 0 N–H and O–H groups in total. The fourth-order valence-corrected chi connectivity index (χ4v) is 11.0. The van der Waals surface area contributed by atoms with Crippen LogP contribution < -0.4 is 14.5 Å². The molecule has 0 bridgehead atoms. The standard InChI is InChI=1S/C50H30N4OS3/c1-9-21-45-37(13-1)51-49(57-45)33-25-31(27-35(29-33)53-39-15-3-7-19-43(39)55-44-20-8-4-16-40(44)53)32-26-34(50-52-38-14-2-10-22-46(38)58-50)30-36(28-32)54-41-17-5-11-23-47(41)56-48-24-12-6-18-42(48)54/h1-30H. The van der Waals surface area contributed by atoms with Crippen molar-refractivity contribution in [1.82, 2.24) is 9.97 Å². The van der Waals surface area contributed by atoms with Gasteiger partial charge in [-0.15, -0.1) is 22.7 Å². The van der Waals surface area contributed by atoms with E-state index in [2.05, 4.69) is 168 Å². The Bertz CT molecular complexity index is 2870. The summed E-state index contributed by atoms with van der Waals surface area (Å²) in [6, 6.07) is 64.5. The highest BCUT2D eigenvalue weighted by Crippen LogP contribution is 2.54. The summed E-state index contributed by atoms with van der Waals surface area (Å²) in [5, 5.41) is 1.95. The van der Waals surface area contributed by atoms with E-state index in [0.717, 1.165) is 93.6 Å². The van der Waals surface area contributed by atoms with Gasteiger partial charge in [0.1, 0.15) is 10.0 Å². The number of aromatic nitrogens is 2. The number of benzene rings is 8. The topological polar surface area (TPSA) is 41.5 Å². The molecule has 274 valence electrons. The van der Waals surface area contributed by atoms with Crippen LogP contribution in [0.2, 0.25) is 0 Å². The molecule has 0 fully saturated rings. The van der Waals surface area contributed by atoms with Gasteiger partial charge in [-0.1, -0.05) is 84.6 Å². The molecule has 0 amide bonds. The van der Waals surface area contributed by atoms with Gasteiger partial charge in [-0.05, 0) is 120 Å². The summed E-state index contributed by atoms with van der Waals surface area (Å²) in [6.45, 7) is 0. The Morgan fingerprint density at radius 3 is 1.28 bits per heavy atom. The molecule has 0 radical (unpaired) electrons. The van der Waals surface area contributed by atoms with E-state index in [4.69, 9.17) is 14.7 Å². The zero-order chi connectivity index (χ0) is 38.2. The maximum Gasteiger partial charge on any atom is 0.151 e. The van der Waals surface area contributed by atoms with E-state index >= 15 is 0 Å². The molecule has 2 aromatic heterocycles. The number of anilines is 6. The average Bonchev–Trinajstić information content (AvgIpc) is 3.92. The van der Waals surface area contributed by atoms with Gasteiger partial charge in [-0.25, -0.2) is 9.97 Å². The van der Waals surface area contributed by atoms with Crippen molar-refractivity contribution in [2.45, 2.75) is 9.79 Å². The number of fused-ring (bicyclic) bond motifs is 6. The predicted octanol–water partition coefficient (Wildman–Crippen LogP) is 15.4. The Morgan fingerprint density at radius 2 is 0.776 bits per heavy atom. The fourth-order valence-electron chi connectivity index (χ4n) is 8.02. The number of hydrogen-bond donors (Lipinski definition) is 0. The summed E-state index contributed by atoms with van der Waals surface area (Å²) in [6.07, 6.45) is 0. The van der Waals surface area contributed by atoms with Crippen molar-refractivity contribution >= 4 is 89.0 Å². The molecule has 8 aromatic carbocycles. The molecule has 8 heteroatoms. The molecule has 0 saturated heterocycles. The molecule has 4 heterocycles. The smallest absolute Gasteiger partial charge is 0.151 e. The Hall–Kier alpha value is -6.71. The molecule has 12 rings (SSSR count). The van der Waals surface area contributed by atoms with Gasteiger partial charge < -0.3 is 14.5 Å². The number of hydrogen-bond acceptors (Lipinski definition) is 8. The van der Waals surface area contributed by atoms with Crippen molar-refractivity contribution < 1.29 is 4.74 Å². The van der Waals surface area contributed by atoms with E-state index in [1.54, 1.807) is 22.7 Å². The Kier molecular flexibility index (Phi) is 7.76. The highest BCUT2D eigenvalue weighted by molar-refractivity contribution is 7.99. The second-order valence-corrected chi connectivity index (χ2v) is 17.4. The number of para-hydroxylation sites is 8. The number of thiazole rings is 2.